The normalized spacial score (nSPS) is 10.9. The quantitative estimate of drug-likeness (QED) is 0.774. The Bertz CT molecular complexity index is 601. The van der Waals surface area contributed by atoms with Gasteiger partial charge in [0.1, 0.15) is 22.6 Å². The monoisotopic (exact) mass is 293 g/mol. The lowest BCUT2D eigenvalue weighted by molar-refractivity contribution is 0.625. The predicted molar refractivity (Wildman–Crippen MR) is 80.2 cm³/mol. The third-order valence-electron chi connectivity index (χ3n) is 2.95. The van der Waals surface area contributed by atoms with E-state index < -0.39 is 0 Å². The zero-order valence-electron chi connectivity index (χ0n) is 11.8. The van der Waals surface area contributed by atoms with E-state index >= 15 is 0 Å². The summed E-state index contributed by atoms with van der Waals surface area (Å²) in [6.07, 6.45) is 0. The third kappa shape index (κ3) is 3.07. The van der Waals surface area contributed by atoms with Crippen molar-refractivity contribution in [2.75, 3.05) is 11.4 Å². The van der Waals surface area contributed by atoms with Gasteiger partial charge in [0.25, 0.3) is 0 Å². The van der Waals surface area contributed by atoms with Crippen LogP contribution < -0.4 is 4.90 Å². The van der Waals surface area contributed by atoms with E-state index in [9.17, 15) is 4.39 Å². The van der Waals surface area contributed by atoms with Crippen molar-refractivity contribution in [2.45, 2.75) is 26.7 Å². The lowest BCUT2D eigenvalue weighted by atomic mass is 10.2. The van der Waals surface area contributed by atoms with Crippen molar-refractivity contribution in [3.63, 3.8) is 0 Å². The number of nitrogens with zero attached hydrogens (tertiary/aromatic N) is 3. The summed E-state index contributed by atoms with van der Waals surface area (Å²) < 4.78 is 14.0. The standard InChI is InChI=1S/C15H17ClFN3/c1-4-20(12-8-6-5-7-11(12)17)14-9-13(16)18-15(19-14)10(2)3/h5-10H,4H2,1-3H3. The van der Waals surface area contributed by atoms with Crippen LogP contribution in [0.4, 0.5) is 15.9 Å². The molecule has 0 spiro atoms. The number of rotatable bonds is 4. The molecule has 2 rings (SSSR count). The van der Waals surface area contributed by atoms with E-state index in [1.54, 1.807) is 29.2 Å². The molecular weight excluding hydrogens is 277 g/mol. The van der Waals surface area contributed by atoms with Gasteiger partial charge in [-0.2, -0.15) is 0 Å². The lowest BCUT2D eigenvalue weighted by Gasteiger charge is -2.23. The summed E-state index contributed by atoms with van der Waals surface area (Å²) >= 11 is 6.05. The number of halogens is 2. The topological polar surface area (TPSA) is 29.0 Å². The Morgan fingerprint density at radius 2 is 1.95 bits per heavy atom. The average Bonchev–Trinajstić information content (AvgIpc) is 2.41. The van der Waals surface area contributed by atoms with Crippen molar-refractivity contribution >= 4 is 23.1 Å². The minimum Gasteiger partial charge on any atom is -0.324 e. The van der Waals surface area contributed by atoms with Gasteiger partial charge in [0.05, 0.1) is 5.69 Å². The molecule has 0 saturated carbocycles. The second kappa shape index (κ2) is 6.18. The molecule has 0 saturated heterocycles. The van der Waals surface area contributed by atoms with Crippen molar-refractivity contribution < 1.29 is 4.39 Å². The molecule has 0 radical (unpaired) electrons. The van der Waals surface area contributed by atoms with E-state index in [2.05, 4.69) is 9.97 Å². The fraction of sp³-hybridized carbons (Fsp3) is 0.333. The summed E-state index contributed by atoms with van der Waals surface area (Å²) in [5.74, 6) is 1.14. The molecule has 5 heteroatoms. The van der Waals surface area contributed by atoms with Gasteiger partial charge in [-0.3, -0.25) is 0 Å². The van der Waals surface area contributed by atoms with E-state index in [-0.39, 0.29) is 11.7 Å². The van der Waals surface area contributed by atoms with Crippen molar-refractivity contribution in [1.29, 1.82) is 0 Å². The second-order valence-electron chi connectivity index (χ2n) is 4.76. The van der Waals surface area contributed by atoms with Crippen molar-refractivity contribution in [3.05, 3.63) is 47.1 Å². The molecule has 0 aliphatic carbocycles. The van der Waals surface area contributed by atoms with Crippen LogP contribution >= 0.6 is 11.6 Å². The highest BCUT2D eigenvalue weighted by Gasteiger charge is 2.15. The minimum atomic E-state index is -0.282. The predicted octanol–water partition coefficient (Wildman–Crippen LogP) is 4.55. The van der Waals surface area contributed by atoms with Crippen LogP contribution in [-0.2, 0) is 0 Å². The molecule has 2 aromatic rings. The van der Waals surface area contributed by atoms with E-state index in [1.807, 2.05) is 20.8 Å². The van der Waals surface area contributed by atoms with E-state index in [0.29, 0.717) is 29.0 Å². The largest absolute Gasteiger partial charge is 0.324 e. The third-order valence-corrected chi connectivity index (χ3v) is 3.14. The molecular formula is C15H17ClFN3. The molecule has 0 amide bonds. The molecule has 0 bridgehead atoms. The molecule has 0 N–H and O–H groups in total. The summed E-state index contributed by atoms with van der Waals surface area (Å²) in [6, 6.07) is 8.28. The summed E-state index contributed by atoms with van der Waals surface area (Å²) in [6.45, 7) is 6.52. The number of benzene rings is 1. The second-order valence-corrected chi connectivity index (χ2v) is 5.14. The van der Waals surface area contributed by atoms with Crippen molar-refractivity contribution in [3.8, 4) is 0 Å². The first-order valence-corrected chi connectivity index (χ1v) is 6.97. The molecule has 106 valence electrons. The number of hydrogen-bond donors (Lipinski definition) is 0. The number of para-hydroxylation sites is 1. The fourth-order valence-corrected chi connectivity index (χ4v) is 2.13. The maximum atomic E-state index is 14.0. The van der Waals surface area contributed by atoms with Crippen LogP contribution in [0.5, 0.6) is 0 Å². The van der Waals surface area contributed by atoms with E-state index in [4.69, 9.17) is 11.6 Å². The molecule has 0 aliphatic heterocycles. The van der Waals surface area contributed by atoms with Crippen molar-refractivity contribution in [2.24, 2.45) is 0 Å². The van der Waals surface area contributed by atoms with Crippen LogP contribution in [0.1, 0.15) is 32.5 Å². The fourth-order valence-electron chi connectivity index (χ4n) is 1.95. The Morgan fingerprint density at radius 1 is 1.25 bits per heavy atom. The highest BCUT2D eigenvalue weighted by atomic mass is 35.5. The van der Waals surface area contributed by atoms with Crippen LogP contribution in [0.3, 0.4) is 0 Å². The van der Waals surface area contributed by atoms with Gasteiger partial charge < -0.3 is 4.90 Å². The Morgan fingerprint density at radius 3 is 2.55 bits per heavy atom. The Balaban J connectivity index is 2.50. The maximum absolute atomic E-state index is 14.0. The summed E-state index contributed by atoms with van der Waals surface area (Å²) in [7, 11) is 0. The molecule has 1 heterocycles. The van der Waals surface area contributed by atoms with Gasteiger partial charge >= 0.3 is 0 Å². The van der Waals surface area contributed by atoms with Crippen LogP contribution in [0.15, 0.2) is 30.3 Å². The van der Waals surface area contributed by atoms with Crippen LogP contribution in [0.25, 0.3) is 0 Å². The van der Waals surface area contributed by atoms with Gasteiger partial charge in [0, 0.05) is 18.5 Å². The molecule has 0 aliphatic rings. The van der Waals surface area contributed by atoms with E-state index in [0.717, 1.165) is 0 Å². The minimum absolute atomic E-state index is 0.159. The SMILES string of the molecule is CCN(c1cc(Cl)nc(C(C)C)n1)c1ccccc1F. The van der Waals surface area contributed by atoms with Crippen LogP contribution in [-0.4, -0.2) is 16.5 Å². The van der Waals surface area contributed by atoms with E-state index in [1.165, 1.54) is 6.07 Å². The van der Waals surface area contributed by atoms with Gasteiger partial charge in [-0.25, -0.2) is 14.4 Å². The summed E-state index contributed by atoms with van der Waals surface area (Å²) in [5.41, 5.74) is 0.486. The van der Waals surface area contributed by atoms with Gasteiger partial charge in [-0.15, -0.1) is 0 Å². The number of hydrogen-bond acceptors (Lipinski definition) is 3. The Kier molecular flexibility index (Phi) is 4.55. The molecule has 0 unspecified atom stereocenters. The van der Waals surface area contributed by atoms with Crippen LogP contribution in [0.2, 0.25) is 5.15 Å². The van der Waals surface area contributed by atoms with Crippen molar-refractivity contribution in [1.82, 2.24) is 9.97 Å². The molecule has 3 nitrogen and oxygen atoms in total. The molecule has 20 heavy (non-hydrogen) atoms. The number of anilines is 2. The molecule has 0 atom stereocenters. The lowest BCUT2D eigenvalue weighted by Crippen LogP contribution is -2.19. The van der Waals surface area contributed by atoms with Crippen LogP contribution in [0, 0.1) is 5.82 Å². The zero-order chi connectivity index (χ0) is 14.7. The summed E-state index contributed by atoms with van der Waals surface area (Å²) in [5, 5.41) is 0.369. The molecule has 1 aromatic heterocycles. The first-order valence-electron chi connectivity index (χ1n) is 6.59. The summed E-state index contributed by atoms with van der Waals surface area (Å²) in [4.78, 5) is 10.5. The van der Waals surface area contributed by atoms with Gasteiger partial charge in [-0.1, -0.05) is 37.6 Å². The van der Waals surface area contributed by atoms with Gasteiger partial charge in [-0.05, 0) is 19.1 Å². The smallest absolute Gasteiger partial charge is 0.146 e. The highest BCUT2D eigenvalue weighted by Crippen LogP contribution is 2.28. The Hall–Kier alpha value is -1.68. The first-order chi connectivity index (χ1) is 9.52. The molecule has 1 aromatic carbocycles. The van der Waals surface area contributed by atoms with Gasteiger partial charge in [0.15, 0.2) is 0 Å². The van der Waals surface area contributed by atoms with Gasteiger partial charge in [0.2, 0.25) is 0 Å². The maximum Gasteiger partial charge on any atom is 0.146 e. The molecule has 0 fully saturated rings. The highest BCUT2D eigenvalue weighted by molar-refractivity contribution is 6.29. The number of aromatic nitrogens is 2. The average molecular weight is 294 g/mol. The zero-order valence-corrected chi connectivity index (χ0v) is 12.5. The Labute approximate surface area is 123 Å². The first kappa shape index (κ1) is 14.7.